The van der Waals surface area contributed by atoms with Gasteiger partial charge in [0, 0.05) is 26.2 Å². The summed E-state index contributed by atoms with van der Waals surface area (Å²) in [6.07, 6.45) is 2.05. The molecule has 5 heteroatoms. The number of amides is 2. The molecule has 0 spiro atoms. The number of rotatable bonds is 3. The van der Waals surface area contributed by atoms with E-state index in [-0.39, 0.29) is 18.0 Å². The van der Waals surface area contributed by atoms with Gasteiger partial charge in [-0.1, -0.05) is 6.92 Å². The molecule has 0 aromatic rings. The third-order valence-corrected chi connectivity index (χ3v) is 3.36. The predicted octanol–water partition coefficient (Wildman–Crippen LogP) is 1.63. The minimum Gasteiger partial charge on any atom is -0.481 e. The molecule has 2 amide bonds. The molecule has 1 heterocycles. The van der Waals surface area contributed by atoms with E-state index in [0.29, 0.717) is 19.4 Å². The van der Waals surface area contributed by atoms with Crippen LogP contribution in [0.25, 0.3) is 0 Å². The zero-order valence-corrected chi connectivity index (χ0v) is 10.8. The van der Waals surface area contributed by atoms with E-state index in [0.717, 1.165) is 13.0 Å². The lowest BCUT2D eigenvalue weighted by molar-refractivity contribution is -0.143. The van der Waals surface area contributed by atoms with E-state index in [1.54, 1.807) is 16.8 Å². The molecule has 0 aliphatic carbocycles. The number of piperidine rings is 1. The van der Waals surface area contributed by atoms with Gasteiger partial charge in [0.15, 0.2) is 0 Å². The van der Waals surface area contributed by atoms with Crippen LogP contribution in [0.1, 0.15) is 33.1 Å². The van der Waals surface area contributed by atoms with Gasteiger partial charge in [0.25, 0.3) is 0 Å². The third-order valence-electron chi connectivity index (χ3n) is 3.36. The number of carbonyl (C=O) groups is 2. The summed E-state index contributed by atoms with van der Waals surface area (Å²) in [6.45, 7) is 5.24. The number of carboxylic acids is 1. The lowest BCUT2D eigenvalue weighted by atomic mass is 9.92. The number of urea groups is 1. The maximum Gasteiger partial charge on any atom is 0.319 e. The Morgan fingerprint density at radius 3 is 2.59 bits per heavy atom. The molecular weight excluding hydrogens is 220 g/mol. The van der Waals surface area contributed by atoms with E-state index in [1.807, 2.05) is 13.8 Å². The number of aliphatic carboxylic acids is 1. The second-order valence-corrected chi connectivity index (χ2v) is 4.81. The molecule has 0 aromatic carbocycles. The first-order valence-electron chi connectivity index (χ1n) is 6.21. The van der Waals surface area contributed by atoms with Gasteiger partial charge < -0.3 is 14.9 Å². The Kier molecular flexibility index (Phi) is 4.78. The standard InChI is InChI=1S/C12H22N2O3/c1-4-6-13(3)12(17)14-7-5-10(11(15)16)8-9(14)2/h9-10H,4-8H2,1-3H3,(H,15,16). The fourth-order valence-electron chi connectivity index (χ4n) is 2.33. The van der Waals surface area contributed by atoms with Crippen molar-refractivity contribution in [3.8, 4) is 0 Å². The molecule has 5 nitrogen and oxygen atoms in total. The van der Waals surface area contributed by atoms with Gasteiger partial charge in [-0.05, 0) is 26.2 Å². The minimum atomic E-state index is -0.745. The first-order valence-corrected chi connectivity index (χ1v) is 6.21. The highest BCUT2D eigenvalue weighted by Gasteiger charge is 2.33. The van der Waals surface area contributed by atoms with Gasteiger partial charge in [-0.2, -0.15) is 0 Å². The molecular formula is C12H22N2O3. The van der Waals surface area contributed by atoms with E-state index >= 15 is 0 Å². The Bertz CT molecular complexity index is 293. The highest BCUT2D eigenvalue weighted by Crippen LogP contribution is 2.23. The van der Waals surface area contributed by atoms with Crippen LogP contribution < -0.4 is 0 Å². The summed E-state index contributed by atoms with van der Waals surface area (Å²) >= 11 is 0. The van der Waals surface area contributed by atoms with Crippen LogP contribution in [0.15, 0.2) is 0 Å². The number of carboxylic acid groups (broad SMARTS) is 1. The zero-order valence-electron chi connectivity index (χ0n) is 10.8. The van der Waals surface area contributed by atoms with E-state index in [4.69, 9.17) is 5.11 Å². The predicted molar refractivity (Wildman–Crippen MR) is 64.8 cm³/mol. The molecule has 1 aliphatic rings. The van der Waals surface area contributed by atoms with Gasteiger partial charge in [-0.15, -0.1) is 0 Å². The van der Waals surface area contributed by atoms with Crippen LogP contribution in [0, 0.1) is 5.92 Å². The number of nitrogens with zero attached hydrogens (tertiary/aromatic N) is 2. The van der Waals surface area contributed by atoms with Gasteiger partial charge in [0.2, 0.25) is 0 Å². The second kappa shape index (κ2) is 5.89. The van der Waals surface area contributed by atoms with Crippen molar-refractivity contribution < 1.29 is 14.7 Å². The summed E-state index contributed by atoms with van der Waals surface area (Å²) in [7, 11) is 1.79. The molecule has 2 unspecified atom stereocenters. The summed E-state index contributed by atoms with van der Waals surface area (Å²) in [5, 5.41) is 8.96. The number of hydrogen-bond acceptors (Lipinski definition) is 2. The lowest BCUT2D eigenvalue weighted by Crippen LogP contribution is -2.50. The van der Waals surface area contributed by atoms with Crippen molar-refractivity contribution in [2.75, 3.05) is 20.1 Å². The zero-order chi connectivity index (χ0) is 13.0. The fraction of sp³-hybridized carbons (Fsp3) is 0.833. The van der Waals surface area contributed by atoms with Gasteiger partial charge in [-0.25, -0.2) is 4.79 Å². The Morgan fingerprint density at radius 2 is 2.12 bits per heavy atom. The van der Waals surface area contributed by atoms with Crippen molar-refractivity contribution in [2.45, 2.75) is 39.2 Å². The van der Waals surface area contributed by atoms with Crippen molar-refractivity contribution in [2.24, 2.45) is 5.92 Å². The highest BCUT2D eigenvalue weighted by atomic mass is 16.4. The van der Waals surface area contributed by atoms with Gasteiger partial charge in [0.05, 0.1) is 5.92 Å². The van der Waals surface area contributed by atoms with Crippen LogP contribution in [0.5, 0.6) is 0 Å². The Balaban J connectivity index is 2.57. The monoisotopic (exact) mass is 242 g/mol. The Morgan fingerprint density at radius 1 is 1.47 bits per heavy atom. The summed E-state index contributed by atoms with van der Waals surface area (Å²) in [5.74, 6) is -1.05. The van der Waals surface area contributed by atoms with Gasteiger partial charge >= 0.3 is 12.0 Å². The average molecular weight is 242 g/mol. The average Bonchev–Trinajstić information content (AvgIpc) is 2.28. The fourth-order valence-corrected chi connectivity index (χ4v) is 2.33. The topological polar surface area (TPSA) is 60.9 Å². The maximum atomic E-state index is 12.1. The number of carbonyl (C=O) groups excluding carboxylic acids is 1. The van der Waals surface area contributed by atoms with Gasteiger partial charge in [0.1, 0.15) is 0 Å². The third kappa shape index (κ3) is 3.35. The first kappa shape index (κ1) is 13.8. The molecule has 1 rings (SSSR count). The molecule has 1 saturated heterocycles. The van der Waals surface area contributed by atoms with Crippen LogP contribution in [0.4, 0.5) is 4.79 Å². The molecule has 0 bridgehead atoms. The summed E-state index contributed by atoms with van der Waals surface area (Å²) in [5.41, 5.74) is 0. The molecule has 0 radical (unpaired) electrons. The van der Waals surface area contributed by atoms with E-state index in [9.17, 15) is 9.59 Å². The van der Waals surface area contributed by atoms with Crippen molar-refractivity contribution in [3.05, 3.63) is 0 Å². The summed E-state index contributed by atoms with van der Waals surface area (Å²) in [6, 6.07) is 0.0276. The highest BCUT2D eigenvalue weighted by molar-refractivity contribution is 5.75. The van der Waals surface area contributed by atoms with Crippen LogP contribution in [0.3, 0.4) is 0 Å². The molecule has 1 aliphatic heterocycles. The van der Waals surface area contributed by atoms with Crippen LogP contribution in [-0.2, 0) is 4.79 Å². The molecule has 1 fully saturated rings. The number of hydrogen-bond donors (Lipinski definition) is 1. The molecule has 2 atom stereocenters. The van der Waals surface area contributed by atoms with Crippen molar-refractivity contribution in [1.82, 2.24) is 9.80 Å². The first-order chi connectivity index (χ1) is 7.97. The van der Waals surface area contributed by atoms with E-state index in [1.165, 1.54) is 0 Å². The smallest absolute Gasteiger partial charge is 0.319 e. The molecule has 17 heavy (non-hydrogen) atoms. The number of likely N-dealkylation sites (tertiary alicyclic amines) is 1. The lowest BCUT2D eigenvalue weighted by Gasteiger charge is -2.38. The molecule has 0 saturated carbocycles. The maximum absolute atomic E-state index is 12.1. The van der Waals surface area contributed by atoms with Crippen LogP contribution >= 0.6 is 0 Å². The van der Waals surface area contributed by atoms with Crippen molar-refractivity contribution in [1.29, 1.82) is 0 Å². The quantitative estimate of drug-likeness (QED) is 0.818. The molecule has 98 valence electrons. The van der Waals surface area contributed by atoms with Crippen molar-refractivity contribution >= 4 is 12.0 Å². The van der Waals surface area contributed by atoms with Crippen molar-refractivity contribution in [3.63, 3.8) is 0 Å². The summed E-state index contributed by atoms with van der Waals surface area (Å²) in [4.78, 5) is 26.5. The Hall–Kier alpha value is -1.26. The van der Waals surface area contributed by atoms with Crippen LogP contribution in [-0.4, -0.2) is 53.1 Å². The van der Waals surface area contributed by atoms with E-state index < -0.39 is 5.97 Å². The second-order valence-electron chi connectivity index (χ2n) is 4.81. The largest absolute Gasteiger partial charge is 0.481 e. The normalized spacial score (nSPS) is 24.5. The molecule has 1 N–H and O–H groups in total. The van der Waals surface area contributed by atoms with Crippen LogP contribution in [0.2, 0.25) is 0 Å². The molecule has 0 aromatic heterocycles. The minimum absolute atomic E-state index is 0.0108. The Labute approximate surface area is 102 Å². The van der Waals surface area contributed by atoms with E-state index in [2.05, 4.69) is 0 Å². The van der Waals surface area contributed by atoms with Gasteiger partial charge in [-0.3, -0.25) is 4.79 Å². The SMILES string of the molecule is CCCN(C)C(=O)N1CCC(C(=O)O)CC1C. The summed E-state index contributed by atoms with van der Waals surface area (Å²) < 4.78 is 0.